The third kappa shape index (κ3) is 17.8. The van der Waals surface area contributed by atoms with Crippen LogP contribution in [0.4, 0.5) is 0 Å². The zero-order chi connectivity index (χ0) is 41.5. The predicted octanol–water partition coefficient (Wildman–Crippen LogP) is 14.9. The summed E-state index contributed by atoms with van der Waals surface area (Å²) >= 11 is 0. The van der Waals surface area contributed by atoms with Crippen molar-refractivity contribution in [3.8, 4) is 0 Å². The second-order valence-corrected chi connectivity index (χ2v) is 17.1. The fraction of sp³-hybridized carbons (Fsp3) is 0.667. The fourth-order valence-corrected chi connectivity index (χ4v) is 8.66. The van der Waals surface area contributed by atoms with E-state index in [9.17, 15) is 0 Å². The number of hydrogen-bond acceptors (Lipinski definition) is 5. The van der Waals surface area contributed by atoms with E-state index in [1.54, 1.807) is 0 Å². The lowest BCUT2D eigenvalue weighted by atomic mass is 9.80. The van der Waals surface area contributed by atoms with E-state index in [0.29, 0.717) is 26.4 Å². The minimum atomic E-state index is -0.848. The molecule has 4 rings (SSSR count). The quantitative estimate of drug-likeness (QED) is 0.0432. The molecule has 0 unspecified atom stereocenters. The SMILES string of the molecule is CCCCCCCCCCO[C@@H]1O[C@H](COC(c2ccccc2)(c2ccccc2)c2ccccc2)[C@@H](OCCCCCCCCCC)[C@H]1OCCCCCCCCCC. The molecular weight excluding hydrogens is 729 g/mol. The molecule has 59 heavy (non-hydrogen) atoms. The Balaban J connectivity index is 1.51. The maximum absolute atomic E-state index is 7.37. The lowest BCUT2D eigenvalue weighted by Crippen LogP contribution is -2.42. The van der Waals surface area contributed by atoms with Gasteiger partial charge >= 0.3 is 0 Å². The molecule has 330 valence electrons. The largest absolute Gasteiger partial charge is 0.372 e. The number of ether oxygens (including phenoxy) is 5. The lowest BCUT2D eigenvalue weighted by Gasteiger charge is -2.37. The third-order valence-corrected chi connectivity index (χ3v) is 12.2. The van der Waals surface area contributed by atoms with Crippen LogP contribution in [-0.2, 0) is 29.3 Å². The van der Waals surface area contributed by atoms with Crippen LogP contribution in [0.15, 0.2) is 91.0 Å². The van der Waals surface area contributed by atoms with E-state index in [-0.39, 0.29) is 18.3 Å². The molecular formula is C54H84O5. The Labute approximate surface area is 361 Å². The van der Waals surface area contributed by atoms with Crippen molar-refractivity contribution >= 4 is 0 Å². The van der Waals surface area contributed by atoms with Crippen molar-refractivity contribution < 1.29 is 23.7 Å². The van der Waals surface area contributed by atoms with E-state index in [4.69, 9.17) is 23.7 Å². The first-order valence-electron chi connectivity index (χ1n) is 24.5. The summed E-state index contributed by atoms with van der Waals surface area (Å²) in [5.74, 6) is 0. The molecule has 1 aliphatic rings. The minimum Gasteiger partial charge on any atom is -0.372 e. The summed E-state index contributed by atoms with van der Waals surface area (Å²) in [4.78, 5) is 0. The van der Waals surface area contributed by atoms with Gasteiger partial charge in [-0.05, 0) is 36.0 Å². The molecule has 3 aromatic carbocycles. The van der Waals surface area contributed by atoms with Gasteiger partial charge in [-0.15, -0.1) is 0 Å². The second kappa shape index (κ2) is 31.3. The van der Waals surface area contributed by atoms with Gasteiger partial charge in [0.1, 0.15) is 23.9 Å². The van der Waals surface area contributed by atoms with Crippen molar-refractivity contribution in [2.45, 2.75) is 205 Å². The van der Waals surface area contributed by atoms with Gasteiger partial charge < -0.3 is 23.7 Å². The van der Waals surface area contributed by atoms with Gasteiger partial charge in [-0.1, -0.05) is 247 Å². The molecule has 1 heterocycles. The maximum Gasteiger partial charge on any atom is 0.186 e. The van der Waals surface area contributed by atoms with Crippen LogP contribution in [0.25, 0.3) is 0 Å². The molecule has 1 fully saturated rings. The van der Waals surface area contributed by atoms with E-state index >= 15 is 0 Å². The van der Waals surface area contributed by atoms with Gasteiger partial charge in [-0.2, -0.15) is 0 Å². The maximum atomic E-state index is 7.37. The first kappa shape index (κ1) is 49.1. The molecule has 5 heteroatoms. The Hall–Kier alpha value is -2.54. The van der Waals surface area contributed by atoms with E-state index in [1.807, 2.05) is 0 Å². The van der Waals surface area contributed by atoms with Gasteiger partial charge in [0, 0.05) is 19.8 Å². The molecule has 0 amide bonds. The first-order chi connectivity index (χ1) is 29.2. The Morgan fingerprint density at radius 1 is 0.390 bits per heavy atom. The predicted molar refractivity (Wildman–Crippen MR) is 247 cm³/mol. The van der Waals surface area contributed by atoms with E-state index in [2.05, 4.69) is 112 Å². The van der Waals surface area contributed by atoms with Gasteiger partial charge in [-0.25, -0.2) is 0 Å². The Kier molecular flexibility index (Phi) is 26.1. The highest BCUT2D eigenvalue weighted by Crippen LogP contribution is 2.41. The van der Waals surface area contributed by atoms with Crippen molar-refractivity contribution in [1.29, 1.82) is 0 Å². The zero-order valence-electron chi connectivity index (χ0n) is 37.8. The van der Waals surface area contributed by atoms with Gasteiger partial charge in [0.2, 0.25) is 0 Å². The van der Waals surface area contributed by atoms with Crippen LogP contribution in [0.2, 0.25) is 0 Å². The number of rotatable bonds is 36. The molecule has 0 bridgehead atoms. The lowest BCUT2D eigenvalue weighted by molar-refractivity contribution is -0.185. The van der Waals surface area contributed by atoms with Gasteiger partial charge in [0.05, 0.1) is 6.61 Å². The molecule has 4 atom stereocenters. The summed E-state index contributed by atoms with van der Waals surface area (Å²) in [6.45, 7) is 9.21. The van der Waals surface area contributed by atoms with Crippen molar-refractivity contribution in [3.63, 3.8) is 0 Å². The summed E-state index contributed by atoms with van der Waals surface area (Å²) in [7, 11) is 0. The van der Waals surface area contributed by atoms with Crippen molar-refractivity contribution in [1.82, 2.24) is 0 Å². The van der Waals surface area contributed by atoms with Crippen LogP contribution < -0.4 is 0 Å². The Morgan fingerprint density at radius 3 is 1.08 bits per heavy atom. The standard InChI is InChI=1S/C54H84O5/c1-4-7-10-13-16-19-22-34-43-55-51-50(46-58-54(47-37-28-25-29-38-47,48-39-30-26-31-40-48)49-41-32-27-33-42-49)59-53(57-45-36-24-21-18-15-12-9-6-3)52(51)56-44-35-23-20-17-14-11-8-5-2/h25-33,37-42,50-53H,4-24,34-36,43-46H2,1-3H3/t50-,51-,52-,53-/m1/s1. The van der Waals surface area contributed by atoms with Crippen molar-refractivity contribution in [2.24, 2.45) is 0 Å². The molecule has 5 nitrogen and oxygen atoms in total. The molecule has 3 aromatic rings. The minimum absolute atomic E-state index is 0.294. The highest BCUT2D eigenvalue weighted by molar-refractivity contribution is 5.47. The Morgan fingerprint density at radius 2 is 0.712 bits per heavy atom. The van der Waals surface area contributed by atoms with E-state index in [1.165, 1.54) is 135 Å². The van der Waals surface area contributed by atoms with Crippen LogP contribution in [-0.4, -0.2) is 51.0 Å². The van der Waals surface area contributed by atoms with Crippen LogP contribution >= 0.6 is 0 Å². The monoisotopic (exact) mass is 813 g/mol. The highest BCUT2D eigenvalue weighted by atomic mass is 16.7. The van der Waals surface area contributed by atoms with Crippen LogP contribution in [0.5, 0.6) is 0 Å². The zero-order valence-corrected chi connectivity index (χ0v) is 37.8. The fourth-order valence-electron chi connectivity index (χ4n) is 8.66. The molecule has 0 spiro atoms. The summed E-state index contributed by atoms with van der Waals surface area (Å²) in [5, 5.41) is 0. The molecule has 1 aliphatic heterocycles. The van der Waals surface area contributed by atoms with Crippen molar-refractivity contribution in [3.05, 3.63) is 108 Å². The summed E-state index contributed by atoms with van der Waals surface area (Å²) in [6, 6.07) is 31.9. The van der Waals surface area contributed by atoms with Crippen molar-refractivity contribution in [2.75, 3.05) is 26.4 Å². The molecule has 0 radical (unpaired) electrons. The summed E-state index contributed by atoms with van der Waals surface area (Å²) in [6.07, 6.45) is 28.9. The second-order valence-electron chi connectivity index (χ2n) is 17.1. The highest BCUT2D eigenvalue weighted by Gasteiger charge is 2.49. The first-order valence-corrected chi connectivity index (χ1v) is 24.5. The molecule has 1 saturated heterocycles. The summed E-state index contributed by atoms with van der Waals surface area (Å²) in [5.41, 5.74) is 2.39. The van der Waals surface area contributed by atoms with Crippen LogP contribution in [0.1, 0.15) is 192 Å². The topological polar surface area (TPSA) is 46.2 Å². The van der Waals surface area contributed by atoms with Gasteiger partial charge in [-0.3, -0.25) is 0 Å². The van der Waals surface area contributed by atoms with Crippen LogP contribution in [0.3, 0.4) is 0 Å². The summed E-state index contributed by atoms with van der Waals surface area (Å²) < 4.78 is 34.7. The van der Waals surface area contributed by atoms with Crippen LogP contribution in [0, 0.1) is 0 Å². The average molecular weight is 813 g/mol. The Bertz CT molecular complexity index is 1290. The van der Waals surface area contributed by atoms with E-state index < -0.39 is 11.9 Å². The average Bonchev–Trinajstić information content (AvgIpc) is 3.61. The molecule has 0 saturated carbocycles. The smallest absolute Gasteiger partial charge is 0.186 e. The number of hydrogen-bond donors (Lipinski definition) is 0. The number of unbranched alkanes of at least 4 members (excludes halogenated alkanes) is 21. The molecule has 0 aromatic heterocycles. The third-order valence-electron chi connectivity index (χ3n) is 12.2. The van der Waals surface area contributed by atoms with Gasteiger partial charge in [0.15, 0.2) is 6.29 Å². The molecule has 0 aliphatic carbocycles. The normalized spacial score (nSPS) is 18.2. The van der Waals surface area contributed by atoms with Gasteiger partial charge in [0.25, 0.3) is 0 Å². The molecule has 0 N–H and O–H groups in total. The van der Waals surface area contributed by atoms with E-state index in [0.717, 1.165) is 36.0 Å². The number of benzene rings is 3.